The molecule has 1 aliphatic heterocycles. The number of hydrogen-bond acceptors (Lipinski definition) is 3. The lowest BCUT2D eigenvalue weighted by atomic mass is 9.95. The van der Waals surface area contributed by atoms with Crippen LogP contribution in [0.25, 0.3) is 0 Å². The molecule has 0 unspecified atom stereocenters. The molecule has 18 heavy (non-hydrogen) atoms. The molecule has 0 bridgehead atoms. The highest BCUT2D eigenvalue weighted by Crippen LogP contribution is 2.51. The number of halogens is 2. The molecule has 5 heteroatoms. The van der Waals surface area contributed by atoms with Crippen LogP contribution in [0.5, 0.6) is 0 Å². The summed E-state index contributed by atoms with van der Waals surface area (Å²) >= 11 is 3.21. The summed E-state index contributed by atoms with van der Waals surface area (Å²) in [5, 5.41) is 0. The third kappa shape index (κ3) is 1.68. The van der Waals surface area contributed by atoms with Crippen molar-refractivity contribution < 1.29 is 4.39 Å². The third-order valence-corrected chi connectivity index (χ3v) is 4.10. The molecule has 0 saturated heterocycles. The van der Waals surface area contributed by atoms with Crippen LogP contribution in [-0.2, 0) is 5.66 Å². The minimum Gasteiger partial charge on any atom is -0.382 e. The maximum Gasteiger partial charge on any atom is 0.181 e. The quantitative estimate of drug-likeness (QED) is 0.897. The van der Waals surface area contributed by atoms with Gasteiger partial charge in [0, 0.05) is 11.5 Å². The average molecular weight is 310 g/mol. The summed E-state index contributed by atoms with van der Waals surface area (Å²) < 4.78 is 13.8. The molecule has 94 valence electrons. The zero-order valence-electron chi connectivity index (χ0n) is 9.95. The van der Waals surface area contributed by atoms with Crippen molar-refractivity contribution in [3.63, 3.8) is 0 Å². The molecule has 3 rings (SSSR count). The normalized spacial score (nSPS) is 27.1. The largest absolute Gasteiger partial charge is 0.382 e. The number of rotatable bonds is 2. The molecule has 1 heterocycles. The second kappa shape index (κ2) is 3.88. The highest BCUT2D eigenvalue weighted by Gasteiger charge is 2.49. The van der Waals surface area contributed by atoms with E-state index in [9.17, 15) is 4.39 Å². The van der Waals surface area contributed by atoms with Crippen LogP contribution in [0.2, 0.25) is 0 Å². The van der Waals surface area contributed by atoms with Gasteiger partial charge in [-0.25, -0.2) is 9.38 Å². The van der Waals surface area contributed by atoms with Gasteiger partial charge in [0.2, 0.25) is 0 Å². The van der Waals surface area contributed by atoms with Crippen molar-refractivity contribution in [3.8, 4) is 0 Å². The van der Waals surface area contributed by atoms with E-state index in [1.165, 1.54) is 6.07 Å². The Labute approximate surface area is 113 Å². The van der Waals surface area contributed by atoms with Crippen LogP contribution in [0.1, 0.15) is 25.3 Å². The highest BCUT2D eigenvalue weighted by molar-refractivity contribution is 9.10. The van der Waals surface area contributed by atoms with E-state index in [2.05, 4.69) is 25.9 Å². The second-order valence-corrected chi connectivity index (χ2v) is 5.68. The molecule has 1 fully saturated rings. The Morgan fingerprint density at radius 2 is 2.11 bits per heavy atom. The average Bonchev–Trinajstić information content (AvgIpc) is 3.12. The lowest BCUT2D eigenvalue weighted by molar-refractivity contribution is 0.416. The molecular formula is C13H13BrFN3. The van der Waals surface area contributed by atoms with Crippen molar-refractivity contribution in [3.05, 3.63) is 34.1 Å². The molecule has 1 aromatic rings. The van der Waals surface area contributed by atoms with Crippen molar-refractivity contribution in [1.29, 1.82) is 0 Å². The van der Waals surface area contributed by atoms with E-state index in [0.29, 0.717) is 16.2 Å². The topological polar surface area (TPSA) is 50.7 Å². The van der Waals surface area contributed by atoms with Gasteiger partial charge in [-0.15, -0.1) is 0 Å². The van der Waals surface area contributed by atoms with E-state index < -0.39 is 5.66 Å². The first-order valence-corrected chi connectivity index (χ1v) is 6.70. The van der Waals surface area contributed by atoms with Gasteiger partial charge >= 0.3 is 0 Å². The number of nitrogens with two attached hydrogens (primary N) is 1. The van der Waals surface area contributed by atoms with Crippen LogP contribution in [0.3, 0.4) is 0 Å². The lowest BCUT2D eigenvalue weighted by Gasteiger charge is -2.23. The van der Waals surface area contributed by atoms with Crippen molar-refractivity contribution in [2.24, 2.45) is 21.6 Å². The van der Waals surface area contributed by atoms with E-state index in [4.69, 9.17) is 5.73 Å². The standard InChI is InChI=1S/C13H13BrFN3/c1-7-12(16)18-13(17-7,8-2-3-8)9-4-5-11(15)10(14)6-9/h4-6,8H,2-3H2,1H3,(H2,16,18)/t13-/m1/s1. The molecule has 1 saturated carbocycles. The highest BCUT2D eigenvalue weighted by atomic mass is 79.9. The molecule has 1 aromatic carbocycles. The Bertz CT molecular complexity index is 558. The van der Waals surface area contributed by atoms with Crippen molar-refractivity contribution >= 4 is 27.5 Å². The zero-order chi connectivity index (χ0) is 12.9. The molecular weight excluding hydrogens is 297 g/mol. The molecule has 0 spiro atoms. The van der Waals surface area contributed by atoms with Crippen LogP contribution < -0.4 is 5.73 Å². The van der Waals surface area contributed by atoms with Gasteiger partial charge in [-0.1, -0.05) is 6.07 Å². The Morgan fingerprint density at radius 3 is 2.61 bits per heavy atom. The molecule has 0 radical (unpaired) electrons. The fourth-order valence-electron chi connectivity index (χ4n) is 2.36. The van der Waals surface area contributed by atoms with Crippen LogP contribution in [-0.4, -0.2) is 11.5 Å². The van der Waals surface area contributed by atoms with Gasteiger partial charge in [0.15, 0.2) is 5.66 Å². The maximum absolute atomic E-state index is 13.3. The number of amidine groups is 1. The third-order valence-electron chi connectivity index (χ3n) is 3.49. The van der Waals surface area contributed by atoms with Crippen LogP contribution in [0.15, 0.2) is 32.7 Å². The van der Waals surface area contributed by atoms with Crippen LogP contribution in [0.4, 0.5) is 4.39 Å². The summed E-state index contributed by atoms with van der Waals surface area (Å²) in [6.45, 7) is 1.86. The van der Waals surface area contributed by atoms with Crippen LogP contribution in [0, 0.1) is 11.7 Å². The molecule has 0 amide bonds. The first-order valence-electron chi connectivity index (χ1n) is 5.90. The summed E-state index contributed by atoms with van der Waals surface area (Å²) in [5.41, 5.74) is 6.90. The summed E-state index contributed by atoms with van der Waals surface area (Å²) in [7, 11) is 0. The maximum atomic E-state index is 13.3. The molecule has 1 atom stereocenters. The fraction of sp³-hybridized carbons (Fsp3) is 0.385. The second-order valence-electron chi connectivity index (χ2n) is 4.82. The predicted octanol–water partition coefficient (Wildman–Crippen LogP) is 2.98. The van der Waals surface area contributed by atoms with Crippen molar-refractivity contribution in [2.75, 3.05) is 0 Å². The Kier molecular flexibility index (Phi) is 2.55. The predicted molar refractivity (Wildman–Crippen MR) is 73.2 cm³/mol. The molecule has 2 aliphatic rings. The minimum absolute atomic E-state index is 0.277. The first kappa shape index (κ1) is 11.8. The van der Waals surface area contributed by atoms with Gasteiger partial charge in [-0.05, 0) is 47.8 Å². The Hall–Kier alpha value is -1.23. The SMILES string of the molecule is CC1=N[C@](c2ccc(F)c(Br)c2)(C2CC2)N=C1N. The van der Waals surface area contributed by atoms with Gasteiger partial charge in [0.05, 0.1) is 10.2 Å². The van der Waals surface area contributed by atoms with Gasteiger partial charge < -0.3 is 5.73 Å². The van der Waals surface area contributed by atoms with E-state index in [-0.39, 0.29) is 5.82 Å². The molecule has 0 aromatic heterocycles. The first-order chi connectivity index (χ1) is 8.53. The summed E-state index contributed by atoms with van der Waals surface area (Å²) in [5.74, 6) is 0.591. The number of aliphatic imine (C=N–C) groups is 2. The van der Waals surface area contributed by atoms with Gasteiger partial charge in [0.25, 0.3) is 0 Å². The van der Waals surface area contributed by atoms with Gasteiger partial charge in [-0.2, -0.15) is 0 Å². The number of nitrogens with zero attached hydrogens (tertiary/aromatic N) is 2. The van der Waals surface area contributed by atoms with Gasteiger partial charge in [0.1, 0.15) is 11.7 Å². The Balaban J connectivity index is 2.14. The number of hydrogen-bond donors (Lipinski definition) is 1. The van der Waals surface area contributed by atoms with Crippen LogP contribution >= 0.6 is 15.9 Å². The summed E-state index contributed by atoms with van der Waals surface area (Å²) in [6.07, 6.45) is 2.17. The van der Waals surface area contributed by atoms with E-state index in [0.717, 1.165) is 24.1 Å². The zero-order valence-corrected chi connectivity index (χ0v) is 11.5. The summed E-state index contributed by atoms with van der Waals surface area (Å²) in [4.78, 5) is 9.20. The smallest absolute Gasteiger partial charge is 0.181 e. The molecule has 3 nitrogen and oxygen atoms in total. The number of benzene rings is 1. The van der Waals surface area contributed by atoms with Gasteiger partial charge in [-0.3, -0.25) is 4.99 Å². The Morgan fingerprint density at radius 1 is 1.39 bits per heavy atom. The lowest BCUT2D eigenvalue weighted by Crippen LogP contribution is -2.23. The van der Waals surface area contributed by atoms with E-state index in [1.807, 2.05) is 6.92 Å². The van der Waals surface area contributed by atoms with Crippen molar-refractivity contribution in [2.45, 2.75) is 25.4 Å². The fourth-order valence-corrected chi connectivity index (χ4v) is 2.74. The van der Waals surface area contributed by atoms with Crippen molar-refractivity contribution in [1.82, 2.24) is 0 Å². The van der Waals surface area contributed by atoms with E-state index in [1.54, 1.807) is 12.1 Å². The molecule has 1 aliphatic carbocycles. The van der Waals surface area contributed by atoms with E-state index >= 15 is 0 Å². The summed E-state index contributed by atoms with van der Waals surface area (Å²) in [6, 6.07) is 4.95. The molecule has 2 N–H and O–H groups in total. The monoisotopic (exact) mass is 309 g/mol. The minimum atomic E-state index is -0.621.